The zero-order valence-corrected chi connectivity index (χ0v) is 10.2. The molecule has 0 aromatic carbocycles. The number of aryl methyl sites for hydroxylation is 1. The van der Waals surface area contributed by atoms with E-state index in [0.29, 0.717) is 0 Å². The van der Waals surface area contributed by atoms with E-state index in [2.05, 4.69) is 37.8 Å². The molecule has 0 fully saturated rings. The van der Waals surface area contributed by atoms with Crippen LogP contribution in [0.15, 0.2) is 6.33 Å². The first-order valence-corrected chi connectivity index (χ1v) is 5.63. The molecule has 4 nitrogen and oxygen atoms in total. The van der Waals surface area contributed by atoms with Gasteiger partial charge in [-0.1, -0.05) is 20.8 Å². The van der Waals surface area contributed by atoms with Crippen molar-refractivity contribution in [3.8, 4) is 0 Å². The van der Waals surface area contributed by atoms with E-state index in [9.17, 15) is 0 Å². The Morgan fingerprint density at radius 3 is 2.67 bits per heavy atom. The maximum absolute atomic E-state index is 6.20. The lowest BCUT2D eigenvalue weighted by Gasteiger charge is -2.30. The summed E-state index contributed by atoms with van der Waals surface area (Å²) in [6.45, 7) is 9.49. The van der Waals surface area contributed by atoms with Gasteiger partial charge in [-0.15, -0.1) is 0 Å². The molecule has 0 radical (unpaired) electrons. The number of hydrogen-bond acceptors (Lipinski definition) is 3. The molecule has 1 heterocycles. The average Bonchev–Trinajstić information content (AvgIpc) is 2.65. The van der Waals surface area contributed by atoms with E-state index < -0.39 is 0 Å². The van der Waals surface area contributed by atoms with Gasteiger partial charge in [0, 0.05) is 19.0 Å². The highest BCUT2D eigenvalue weighted by atomic mass is 15.3. The predicted octanol–water partition coefficient (Wildman–Crippen LogP) is 1.60. The molecule has 4 heteroatoms. The van der Waals surface area contributed by atoms with Crippen LogP contribution in [0.3, 0.4) is 0 Å². The number of hydrogen-bond donors (Lipinski definition) is 1. The van der Waals surface area contributed by atoms with Gasteiger partial charge in [-0.05, 0) is 18.8 Å². The minimum absolute atomic E-state index is 0.136. The van der Waals surface area contributed by atoms with E-state index in [1.165, 1.54) is 0 Å². The molecule has 0 aliphatic carbocycles. The maximum Gasteiger partial charge on any atom is 0.138 e. The minimum atomic E-state index is 0.136. The topological polar surface area (TPSA) is 56.7 Å². The third-order valence-corrected chi connectivity index (χ3v) is 3.31. The third kappa shape index (κ3) is 2.78. The van der Waals surface area contributed by atoms with Crippen molar-refractivity contribution in [1.82, 2.24) is 14.8 Å². The van der Waals surface area contributed by atoms with Crippen LogP contribution < -0.4 is 5.73 Å². The van der Waals surface area contributed by atoms with Crippen LogP contribution in [-0.4, -0.2) is 20.8 Å². The van der Waals surface area contributed by atoms with Crippen LogP contribution in [0.2, 0.25) is 0 Å². The third-order valence-electron chi connectivity index (χ3n) is 3.31. The summed E-state index contributed by atoms with van der Waals surface area (Å²) in [5.74, 6) is 0.992. The molecule has 0 spiro atoms. The molecule has 0 aliphatic rings. The molecule has 0 saturated heterocycles. The van der Waals surface area contributed by atoms with Gasteiger partial charge in [0.15, 0.2) is 0 Å². The standard InChI is InChI=1S/C11H22N4/c1-5-11(3,4)9(12)7-10-13-8-14-15(10)6-2/h8-9H,5-7,12H2,1-4H3. The Bertz CT molecular complexity index is 303. The highest BCUT2D eigenvalue weighted by Gasteiger charge is 2.25. The molecule has 0 amide bonds. The summed E-state index contributed by atoms with van der Waals surface area (Å²) in [7, 11) is 0. The van der Waals surface area contributed by atoms with Crippen molar-refractivity contribution < 1.29 is 0 Å². The molecule has 0 aliphatic heterocycles. The zero-order valence-electron chi connectivity index (χ0n) is 10.2. The summed E-state index contributed by atoms with van der Waals surface area (Å²) >= 11 is 0. The fourth-order valence-electron chi connectivity index (χ4n) is 1.45. The van der Waals surface area contributed by atoms with Crippen molar-refractivity contribution in [2.45, 2.75) is 53.1 Å². The summed E-state index contributed by atoms with van der Waals surface area (Å²) in [6, 6.07) is 0.136. The Morgan fingerprint density at radius 1 is 1.47 bits per heavy atom. The Balaban J connectivity index is 2.70. The van der Waals surface area contributed by atoms with Crippen LogP contribution in [0.1, 0.15) is 39.9 Å². The van der Waals surface area contributed by atoms with E-state index in [1.54, 1.807) is 6.33 Å². The summed E-state index contributed by atoms with van der Waals surface area (Å²) < 4.78 is 1.91. The molecular formula is C11H22N4. The second-order valence-corrected chi connectivity index (χ2v) is 4.64. The first-order chi connectivity index (χ1) is 7.01. The van der Waals surface area contributed by atoms with Gasteiger partial charge < -0.3 is 5.73 Å². The lowest BCUT2D eigenvalue weighted by molar-refractivity contribution is 0.268. The van der Waals surface area contributed by atoms with Crippen LogP contribution in [0, 0.1) is 5.41 Å². The Hall–Kier alpha value is -0.900. The average molecular weight is 210 g/mol. The van der Waals surface area contributed by atoms with Crippen LogP contribution in [-0.2, 0) is 13.0 Å². The molecule has 1 aromatic rings. The summed E-state index contributed by atoms with van der Waals surface area (Å²) in [5.41, 5.74) is 6.35. The van der Waals surface area contributed by atoms with Crippen molar-refractivity contribution in [1.29, 1.82) is 0 Å². The lowest BCUT2D eigenvalue weighted by atomic mass is 9.81. The zero-order chi connectivity index (χ0) is 11.5. The Labute approximate surface area is 91.9 Å². The first kappa shape index (κ1) is 12.2. The summed E-state index contributed by atoms with van der Waals surface area (Å²) in [6.07, 6.45) is 3.48. The quantitative estimate of drug-likeness (QED) is 0.803. The number of nitrogens with zero attached hydrogens (tertiary/aromatic N) is 3. The normalized spacial score (nSPS) is 14.2. The molecule has 2 N–H and O–H groups in total. The monoisotopic (exact) mass is 210 g/mol. The SMILES string of the molecule is CCn1ncnc1CC(N)C(C)(C)CC. The van der Waals surface area contributed by atoms with E-state index in [4.69, 9.17) is 5.73 Å². The van der Waals surface area contributed by atoms with Crippen LogP contribution in [0.25, 0.3) is 0 Å². The highest BCUT2D eigenvalue weighted by molar-refractivity contribution is 4.93. The molecule has 0 saturated carbocycles. The summed E-state index contributed by atoms with van der Waals surface area (Å²) in [4.78, 5) is 4.25. The van der Waals surface area contributed by atoms with Crippen molar-refractivity contribution in [3.05, 3.63) is 12.2 Å². The largest absolute Gasteiger partial charge is 0.327 e. The van der Waals surface area contributed by atoms with Crippen LogP contribution >= 0.6 is 0 Å². The van der Waals surface area contributed by atoms with Gasteiger partial charge in [0.25, 0.3) is 0 Å². The summed E-state index contributed by atoms with van der Waals surface area (Å²) in [5, 5.41) is 4.15. The molecule has 86 valence electrons. The highest BCUT2D eigenvalue weighted by Crippen LogP contribution is 2.25. The predicted molar refractivity (Wildman–Crippen MR) is 61.4 cm³/mol. The first-order valence-electron chi connectivity index (χ1n) is 5.63. The molecule has 1 atom stereocenters. The fraction of sp³-hybridized carbons (Fsp3) is 0.818. The second kappa shape index (κ2) is 4.75. The molecule has 1 unspecified atom stereocenters. The molecule has 15 heavy (non-hydrogen) atoms. The van der Waals surface area contributed by atoms with Crippen LogP contribution in [0.4, 0.5) is 0 Å². The van der Waals surface area contributed by atoms with Gasteiger partial charge in [0.05, 0.1) is 0 Å². The van der Waals surface area contributed by atoms with Gasteiger partial charge >= 0.3 is 0 Å². The number of aromatic nitrogens is 3. The van der Waals surface area contributed by atoms with E-state index in [-0.39, 0.29) is 11.5 Å². The van der Waals surface area contributed by atoms with Gasteiger partial charge in [-0.25, -0.2) is 4.98 Å². The van der Waals surface area contributed by atoms with Gasteiger partial charge in [0.1, 0.15) is 12.2 Å². The smallest absolute Gasteiger partial charge is 0.138 e. The van der Waals surface area contributed by atoms with Gasteiger partial charge in [-0.2, -0.15) is 5.10 Å². The van der Waals surface area contributed by atoms with Crippen LogP contribution in [0.5, 0.6) is 0 Å². The Morgan fingerprint density at radius 2 is 2.13 bits per heavy atom. The molecule has 0 bridgehead atoms. The second-order valence-electron chi connectivity index (χ2n) is 4.64. The van der Waals surface area contributed by atoms with Gasteiger partial charge in [-0.3, -0.25) is 4.68 Å². The van der Waals surface area contributed by atoms with E-state index in [0.717, 1.165) is 25.2 Å². The molecule has 1 rings (SSSR count). The maximum atomic E-state index is 6.20. The fourth-order valence-corrected chi connectivity index (χ4v) is 1.45. The molecular weight excluding hydrogens is 188 g/mol. The van der Waals surface area contributed by atoms with E-state index >= 15 is 0 Å². The van der Waals surface area contributed by atoms with Crippen molar-refractivity contribution in [3.63, 3.8) is 0 Å². The van der Waals surface area contributed by atoms with E-state index in [1.807, 2.05) is 4.68 Å². The minimum Gasteiger partial charge on any atom is -0.327 e. The number of nitrogens with two attached hydrogens (primary N) is 1. The Kier molecular flexibility index (Phi) is 3.85. The van der Waals surface area contributed by atoms with Crippen molar-refractivity contribution in [2.75, 3.05) is 0 Å². The lowest BCUT2D eigenvalue weighted by Crippen LogP contribution is -2.39. The van der Waals surface area contributed by atoms with Gasteiger partial charge in [0.2, 0.25) is 0 Å². The van der Waals surface area contributed by atoms with Crippen molar-refractivity contribution >= 4 is 0 Å². The molecule has 1 aromatic heterocycles. The van der Waals surface area contributed by atoms with Crippen molar-refractivity contribution in [2.24, 2.45) is 11.1 Å². The number of rotatable bonds is 5.